The molecule has 1 aromatic carbocycles. The van der Waals surface area contributed by atoms with E-state index in [1.165, 1.54) is 0 Å². The Balaban J connectivity index is 1.48. The number of carbonyl (C=O) groups excluding carboxylic acids is 2. The van der Waals surface area contributed by atoms with Crippen LogP contribution in [0, 0.1) is 13.8 Å². The van der Waals surface area contributed by atoms with Crippen LogP contribution in [0.1, 0.15) is 40.9 Å². The normalized spacial score (nSPS) is 20.9. The fourth-order valence-corrected chi connectivity index (χ4v) is 4.00. The Labute approximate surface area is 159 Å². The molecule has 1 atom stereocenters. The third-order valence-corrected chi connectivity index (χ3v) is 5.59. The summed E-state index contributed by atoms with van der Waals surface area (Å²) in [6.07, 6.45) is 2.21. The van der Waals surface area contributed by atoms with Crippen molar-refractivity contribution >= 4 is 22.8 Å². The fraction of sp³-hybridized carbons (Fsp3) is 0.524. The van der Waals surface area contributed by atoms with Crippen molar-refractivity contribution < 1.29 is 18.7 Å². The average Bonchev–Trinajstić information content (AvgIpc) is 3.22. The zero-order chi connectivity index (χ0) is 19.0. The maximum Gasteiger partial charge on any atom is 0.289 e. The van der Waals surface area contributed by atoms with E-state index in [1.807, 2.05) is 36.9 Å². The highest BCUT2D eigenvalue weighted by Gasteiger charge is 2.31. The van der Waals surface area contributed by atoms with E-state index in [-0.39, 0.29) is 17.9 Å². The minimum atomic E-state index is -0.298. The molecular weight excluding hydrogens is 344 g/mol. The van der Waals surface area contributed by atoms with Crippen LogP contribution in [-0.2, 0) is 9.53 Å². The lowest BCUT2D eigenvalue weighted by molar-refractivity contribution is -0.140. The molecule has 2 aliphatic rings. The summed E-state index contributed by atoms with van der Waals surface area (Å²) in [5, 5.41) is 0.981. The summed E-state index contributed by atoms with van der Waals surface area (Å²) in [4.78, 5) is 29.3. The van der Waals surface area contributed by atoms with Gasteiger partial charge in [0.05, 0.1) is 0 Å². The van der Waals surface area contributed by atoms with E-state index in [1.54, 1.807) is 4.90 Å². The van der Waals surface area contributed by atoms with Gasteiger partial charge in [-0.05, 0) is 44.7 Å². The summed E-state index contributed by atoms with van der Waals surface area (Å²) in [5.74, 6) is 0.388. The van der Waals surface area contributed by atoms with E-state index in [2.05, 4.69) is 0 Å². The fourth-order valence-electron chi connectivity index (χ4n) is 4.00. The highest BCUT2D eigenvalue weighted by molar-refractivity contribution is 5.99. The molecule has 3 heterocycles. The maximum absolute atomic E-state index is 13.1. The third-order valence-electron chi connectivity index (χ3n) is 5.59. The van der Waals surface area contributed by atoms with Gasteiger partial charge in [-0.2, -0.15) is 0 Å². The quantitative estimate of drug-likeness (QED) is 0.815. The van der Waals surface area contributed by atoms with Gasteiger partial charge in [-0.15, -0.1) is 0 Å². The molecule has 0 N–H and O–H groups in total. The number of ether oxygens (including phenoxy) is 1. The number of rotatable bonds is 2. The van der Waals surface area contributed by atoms with Crippen molar-refractivity contribution in [3.05, 3.63) is 35.1 Å². The predicted molar refractivity (Wildman–Crippen MR) is 102 cm³/mol. The largest absolute Gasteiger partial charge is 0.451 e. The first-order valence-electron chi connectivity index (χ1n) is 9.74. The zero-order valence-electron chi connectivity index (χ0n) is 16.0. The standard InChI is InChI=1S/C21H26N2O4/c1-14-6-7-16-15(2)19(27-18(16)13-14)21(25)23-9-4-8-22(10-11-23)20(24)17-5-3-12-26-17/h6-7,13,17H,3-5,8-12H2,1-2H3. The monoisotopic (exact) mass is 370 g/mol. The van der Waals surface area contributed by atoms with Crippen molar-refractivity contribution in [2.45, 2.75) is 39.2 Å². The lowest BCUT2D eigenvalue weighted by Crippen LogP contribution is -2.41. The molecule has 2 saturated heterocycles. The first-order valence-corrected chi connectivity index (χ1v) is 9.74. The van der Waals surface area contributed by atoms with E-state index >= 15 is 0 Å². The van der Waals surface area contributed by atoms with Crippen LogP contribution in [0.4, 0.5) is 0 Å². The number of furan rings is 1. The minimum absolute atomic E-state index is 0.0668. The number of carbonyl (C=O) groups is 2. The SMILES string of the molecule is Cc1ccc2c(C)c(C(=O)N3CCCN(C(=O)C4CCCO4)CC3)oc2c1. The molecule has 2 aromatic rings. The van der Waals surface area contributed by atoms with Gasteiger partial charge >= 0.3 is 0 Å². The molecule has 6 nitrogen and oxygen atoms in total. The van der Waals surface area contributed by atoms with Crippen LogP contribution >= 0.6 is 0 Å². The summed E-state index contributed by atoms with van der Waals surface area (Å²) in [6, 6.07) is 5.99. The second-order valence-electron chi connectivity index (χ2n) is 7.53. The second kappa shape index (κ2) is 7.35. The van der Waals surface area contributed by atoms with Crippen LogP contribution in [0.25, 0.3) is 11.0 Å². The van der Waals surface area contributed by atoms with Crippen LogP contribution in [0.3, 0.4) is 0 Å². The van der Waals surface area contributed by atoms with Crippen LogP contribution < -0.4 is 0 Å². The van der Waals surface area contributed by atoms with Gasteiger partial charge in [-0.25, -0.2) is 0 Å². The lowest BCUT2D eigenvalue weighted by atomic mass is 10.1. The average molecular weight is 370 g/mol. The molecule has 1 aromatic heterocycles. The molecule has 6 heteroatoms. The number of fused-ring (bicyclic) bond motifs is 1. The van der Waals surface area contributed by atoms with Gasteiger partial charge in [0.1, 0.15) is 11.7 Å². The number of amides is 2. The van der Waals surface area contributed by atoms with Crippen molar-refractivity contribution in [3.8, 4) is 0 Å². The third kappa shape index (κ3) is 3.46. The van der Waals surface area contributed by atoms with E-state index in [0.717, 1.165) is 41.4 Å². The smallest absolute Gasteiger partial charge is 0.289 e. The number of nitrogens with zero attached hydrogens (tertiary/aromatic N) is 2. The Morgan fingerprint density at radius 2 is 1.81 bits per heavy atom. The number of hydrogen-bond donors (Lipinski definition) is 0. The Morgan fingerprint density at radius 1 is 1.04 bits per heavy atom. The van der Waals surface area contributed by atoms with Gasteiger partial charge in [0.2, 0.25) is 0 Å². The molecule has 2 aliphatic heterocycles. The maximum atomic E-state index is 13.1. The van der Waals surface area contributed by atoms with Crippen molar-refractivity contribution in [3.63, 3.8) is 0 Å². The first kappa shape index (κ1) is 18.0. The highest BCUT2D eigenvalue weighted by Crippen LogP contribution is 2.27. The van der Waals surface area contributed by atoms with Crippen molar-refractivity contribution in [2.24, 2.45) is 0 Å². The number of benzene rings is 1. The minimum Gasteiger partial charge on any atom is -0.451 e. The van der Waals surface area contributed by atoms with E-state index in [9.17, 15) is 9.59 Å². The molecule has 27 heavy (non-hydrogen) atoms. The molecule has 0 spiro atoms. The zero-order valence-corrected chi connectivity index (χ0v) is 16.0. The Kier molecular flexibility index (Phi) is 4.91. The number of aryl methyl sites for hydroxylation is 2. The van der Waals surface area contributed by atoms with E-state index < -0.39 is 0 Å². The van der Waals surface area contributed by atoms with Crippen molar-refractivity contribution in [1.82, 2.24) is 9.80 Å². The molecular formula is C21H26N2O4. The van der Waals surface area contributed by atoms with Gasteiger partial charge in [0.15, 0.2) is 5.76 Å². The summed E-state index contributed by atoms with van der Waals surface area (Å²) in [6.45, 7) is 6.96. The summed E-state index contributed by atoms with van der Waals surface area (Å²) in [5.41, 5.74) is 2.74. The van der Waals surface area contributed by atoms with Crippen LogP contribution in [0.15, 0.2) is 22.6 Å². The predicted octanol–water partition coefficient (Wildman–Crippen LogP) is 2.90. The van der Waals surface area contributed by atoms with Gasteiger partial charge < -0.3 is 19.0 Å². The molecule has 0 aliphatic carbocycles. The molecule has 2 amide bonds. The van der Waals surface area contributed by atoms with Crippen LogP contribution in [0.2, 0.25) is 0 Å². The topological polar surface area (TPSA) is 63.0 Å². The van der Waals surface area contributed by atoms with Crippen LogP contribution in [0.5, 0.6) is 0 Å². The van der Waals surface area contributed by atoms with Crippen molar-refractivity contribution in [1.29, 1.82) is 0 Å². The van der Waals surface area contributed by atoms with Crippen LogP contribution in [-0.4, -0.2) is 60.5 Å². The Morgan fingerprint density at radius 3 is 2.59 bits per heavy atom. The lowest BCUT2D eigenvalue weighted by Gasteiger charge is -2.24. The first-order chi connectivity index (χ1) is 13.0. The molecule has 0 bridgehead atoms. The molecule has 144 valence electrons. The van der Waals surface area contributed by atoms with E-state index in [0.29, 0.717) is 38.5 Å². The van der Waals surface area contributed by atoms with Gasteiger partial charge in [0, 0.05) is 43.7 Å². The van der Waals surface area contributed by atoms with Gasteiger partial charge in [0.25, 0.3) is 11.8 Å². The summed E-state index contributed by atoms with van der Waals surface area (Å²) < 4.78 is 11.4. The van der Waals surface area contributed by atoms with Gasteiger partial charge in [-0.1, -0.05) is 12.1 Å². The molecule has 2 fully saturated rings. The Hall–Kier alpha value is -2.34. The highest BCUT2D eigenvalue weighted by atomic mass is 16.5. The molecule has 0 saturated carbocycles. The summed E-state index contributed by atoms with van der Waals surface area (Å²) >= 11 is 0. The molecule has 4 rings (SSSR count). The van der Waals surface area contributed by atoms with Crippen molar-refractivity contribution in [2.75, 3.05) is 32.8 Å². The summed E-state index contributed by atoms with van der Waals surface area (Å²) in [7, 11) is 0. The van der Waals surface area contributed by atoms with E-state index in [4.69, 9.17) is 9.15 Å². The molecule has 1 unspecified atom stereocenters. The Bertz CT molecular complexity index is 866. The van der Waals surface area contributed by atoms with Gasteiger partial charge in [-0.3, -0.25) is 9.59 Å². The molecule has 0 radical (unpaired) electrons. The second-order valence-corrected chi connectivity index (χ2v) is 7.53. The number of hydrogen-bond acceptors (Lipinski definition) is 4.